The topological polar surface area (TPSA) is 50.3 Å². The molecule has 102 valence electrons. The number of hydrogen-bond acceptors (Lipinski definition) is 4. The Morgan fingerprint density at radius 3 is 2.63 bits per heavy atom. The minimum absolute atomic E-state index is 0.640. The molecule has 1 aliphatic rings. The monoisotopic (exact) mass is 259 g/mol. The van der Waals surface area contributed by atoms with Crippen molar-refractivity contribution in [2.45, 2.75) is 6.54 Å². The van der Waals surface area contributed by atoms with Crippen LogP contribution >= 0.6 is 0 Å². The van der Waals surface area contributed by atoms with Crippen LogP contribution in [0.15, 0.2) is 24.3 Å². The van der Waals surface area contributed by atoms with Crippen molar-refractivity contribution in [2.75, 3.05) is 44.7 Å². The molecule has 5 nitrogen and oxygen atoms in total. The normalized spacial score (nSPS) is 17.3. The number of nitrogens with two attached hydrogens (primary N) is 1. The van der Waals surface area contributed by atoms with Gasteiger partial charge in [-0.2, -0.15) is 0 Å². The molecule has 3 rings (SSSR count). The van der Waals surface area contributed by atoms with Crippen molar-refractivity contribution in [3.05, 3.63) is 24.3 Å². The zero-order valence-corrected chi connectivity index (χ0v) is 11.4. The van der Waals surface area contributed by atoms with Gasteiger partial charge in [0.15, 0.2) is 0 Å². The van der Waals surface area contributed by atoms with Crippen molar-refractivity contribution in [1.29, 1.82) is 0 Å². The molecule has 19 heavy (non-hydrogen) atoms. The van der Waals surface area contributed by atoms with E-state index in [0.29, 0.717) is 6.54 Å². The first-order valence-electron chi connectivity index (χ1n) is 6.88. The van der Waals surface area contributed by atoms with Gasteiger partial charge in [0, 0.05) is 39.3 Å². The molecular formula is C14H21N5. The Morgan fingerprint density at radius 2 is 1.89 bits per heavy atom. The van der Waals surface area contributed by atoms with E-state index < -0.39 is 0 Å². The summed E-state index contributed by atoms with van der Waals surface area (Å²) in [5.41, 5.74) is 8.00. The summed E-state index contributed by atoms with van der Waals surface area (Å²) in [5, 5.41) is 0. The third kappa shape index (κ3) is 2.31. The largest absolute Gasteiger partial charge is 0.340 e. The highest BCUT2D eigenvalue weighted by Crippen LogP contribution is 2.23. The molecule has 0 spiro atoms. The number of piperazine rings is 1. The van der Waals surface area contributed by atoms with E-state index in [0.717, 1.165) is 44.2 Å². The van der Waals surface area contributed by atoms with E-state index in [1.165, 1.54) is 5.52 Å². The average molecular weight is 259 g/mol. The van der Waals surface area contributed by atoms with Crippen molar-refractivity contribution in [2.24, 2.45) is 5.73 Å². The number of nitrogens with zero attached hydrogens (tertiary/aromatic N) is 4. The van der Waals surface area contributed by atoms with Crippen molar-refractivity contribution >= 4 is 17.0 Å². The van der Waals surface area contributed by atoms with Crippen LogP contribution in [0.25, 0.3) is 11.0 Å². The van der Waals surface area contributed by atoms with Gasteiger partial charge in [-0.15, -0.1) is 0 Å². The molecule has 5 heteroatoms. The minimum atomic E-state index is 0.640. The second-order valence-electron chi connectivity index (χ2n) is 5.13. The third-order valence-corrected chi connectivity index (χ3v) is 3.77. The Kier molecular flexibility index (Phi) is 3.40. The number of anilines is 1. The second-order valence-corrected chi connectivity index (χ2v) is 5.13. The van der Waals surface area contributed by atoms with E-state index in [1.807, 2.05) is 6.07 Å². The zero-order chi connectivity index (χ0) is 13.2. The smallest absolute Gasteiger partial charge is 0.206 e. The summed E-state index contributed by atoms with van der Waals surface area (Å²) in [6.45, 7) is 5.70. The molecule has 2 heterocycles. The van der Waals surface area contributed by atoms with Gasteiger partial charge >= 0.3 is 0 Å². The van der Waals surface area contributed by atoms with Crippen LogP contribution in [0.5, 0.6) is 0 Å². The number of imidazole rings is 1. The van der Waals surface area contributed by atoms with E-state index >= 15 is 0 Å². The fraction of sp³-hybridized carbons (Fsp3) is 0.500. The Balaban J connectivity index is 1.99. The van der Waals surface area contributed by atoms with Crippen LogP contribution in [0.2, 0.25) is 0 Å². The highest BCUT2D eigenvalue weighted by Gasteiger charge is 2.20. The number of hydrogen-bond donors (Lipinski definition) is 1. The molecule has 1 aliphatic heterocycles. The number of aromatic nitrogens is 2. The van der Waals surface area contributed by atoms with Crippen LogP contribution in [0, 0.1) is 0 Å². The number of rotatable bonds is 3. The Hall–Kier alpha value is -1.59. The summed E-state index contributed by atoms with van der Waals surface area (Å²) in [5.74, 6) is 1.07. The van der Waals surface area contributed by atoms with E-state index in [9.17, 15) is 0 Å². The molecule has 1 fully saturated rings. The molecule has 0 bridgehead atoms. The van der Waals surface area contributed by atoms with Crippen LogP contribution in [0.3, 0.4) is 0 Å². The van der Waals surface area contributed by atoms with Gasteiger partial charge in [0.05, 0.1) is 11.0 Å². The van der Waals surface area contributed by atoms with Crippen LogP contribution in [0.4, 0.5) is 5.95 Å². The van der Waals surface area contributed by atoms with Gasteiger partial charge in [0.1, 0.15) is 0 Å². The summed E-state index contributed by atoms with van der Waals surface area (Å²) in [6.07, 6.45) is 0. The van der Waals surface area contributed by atoms with Crippen molar-refractivity contribution in [3.63, 3.8) is 0 Å². The Labute approximate surface area is 113 Å². The van der Waals surface area contributed by atoms with E-state index in [4.69, 9.17) is 10.7 Å². The van der Waals surface area contributed by atoms with Crippen LogP contribution in [-0.4, -0.2) is 54.2 Å². The number of para-hydroxylation sites is 2. The highest BCUT2D eigenvalue weighted by molar-refractivity contribution is 5.78. The van der Waals surface area contributed by atoms with Gasteiger partial charge < -0.3 is 20.1 Å². The van der Waals surface area contributed by atoms with Crippen molar-refractivity contribution < 1.29 is 0 Å². The molecule has 0 amide bonds. The molecule has 0 atom stereocenters. The fourth-order valence-electron chi connectivity index (χ4n) is 2.66. The maximum absolute atomic E-state index is 5.76. The van der Waals surface area contributed by atoms with E-state index in [2.05, 4.69) is 39.6 Å². The van der Waals surface area contributed by atoms with Gasteiger partial charge in [0.25, 0.3) is 0 Å². The number of fused-ring (bicyclic) bond motifs is 1. The SMILES string of the molecule is CN1CCN(c2nc3ccccc3n2CCN)CC1. The molecule has 0 aliphatic carbocycles. The summed E-state index contributed by atoms with van der Waals surface area (Å²) >= 11 is 0. The van der Waals surface area contributed by atoms with Crippen molar-refractivity contribution in [3.8, 4) is 0 Å². The lowest BCUT2D eigenvalue weighted by Crippen LogP contribution is -2.45. The van der Waals surface area contributed by atoms with E-state index in [1.54, 1.807) is 0 Å². The molecule has 0 unspecified atom stereocenters. The van der Waals surface area contributed by atoms with Crippen LogP contribution in [-0.2, 0) is 6.54 Å². The standard InChI is InChI=1S/C14H21N5/c1-17-8-10-18(11-9-17)14-16-12-4-2-3-5-13(12)19(14)7-6-15/h2-5H,6-11,15H2,1H3. The maximum atomic E-state index is 5.76. The first-order chi connectivity index (χ1) is 9.29. The molecule has 1 saturated heterocycles. The third-order valence-electron chi connectivity index (χ3n) is 3.77. The van der Waals surface area contributed by atoms with Gasteiger partial charge in [0.2, 0.25) is 5.95 Å². The van der Waals surface area contributed by atoms with E-state index in [-0.39, 0.29) is 0 Å². The molecule has 2 aromatic rings. The zero-order valence-electron chi connectivity index (χ0n) is 11.4. The maximum Gasteiger partial charge on any atom is 0.206 e. The minimum Gasteiger partial charge on any atom is -0.340 e. The summed E-state index contributed by atoms with van der Waals surface area (Å²) in [6, 6.07) is 8.29. The fourth-order valence-corrected chi connectivity index (χ4v) is 2.66. The first kappa shape index (κ1) is 12.4. The summed E-state index contributed by atoms with van der Waals surface area (Å²) < 4.78 is 2.25. The molecular weight excluding hydrogens is 238 g/mol. The van der Waals surface area contributed by atoms with Gasteiger partial charge in [-0.25, -0.2) is 4.98 Å². The molecule has 1 aromatic carbocycles. The predicted octanol–water partition coefficient (Wildman–Crippen LogP) is 0.747. The summed E-state index contributed by atoms with van der Waals surface area (Å²) in [7, 11) is 2.17. The average Bonchev–Trinajstić information content (AvgIpc) is 2.79. The Bertz CT molecular complexity index is 554. The van der Waals surface area contributed by atoms with Crippen LogP contribution in [0.1, 0.15) is 0 Å². The molecule has 2 N–H and O–H groups in total. The van der Waals surface area contributed by atoms with Gasteiger partial charge in [-0.3, -0.25) is 0 Å². The molecule has 1 aromatic heterocycles. The number of benzene rings is 1. The lowest BCUT2D eigenvalue weighted by atomic mass is 10.3. The molecule has 0 radical (unpaired) electrons. The first-order valence-corrected chi connectivity index (χ1v) is 6.88. The predicted molar refractivity (Wildman–Crippen MR) is 78.5 cm³/mol. The summed E-state index contributed by atoms with van der Waals surface area (Å²) in [4.78, 5) is 9.52. The van der Waals surface area contributed by atoms with Gasteiger partial charge in [-0.05, 0) is 19.2 Å². The number of likely N-dealkylation sites (N-methyl/N-ethyl adjacent to an activating group) is 1. The van der Waals surface area contributed by atoms with Crippen molar-refractivity contribution in [1.82, 2.24) is 14.5 Å². The second kappa shape index (κ2) is 5.19. The highest BCUT2D eigenvalue weighted by atomic mass is 15.3. The van der Waals surface area contributed by atoms with Crippen LogP contribution < -0.4 is 10.6 Å². The Morgan fingerprint density at radius 1 is 1.16 bits per heavy atom. The molecule has 0 saturated carbocycles. The van der Waals surface area contributed by atoms with Gasteiger partial charge in [-0.1, -0.05) is 12.1 Å². The quantitative estimate of drug-likeness (QED) is 0.883. The lowest BCUT2D eigenvalue weighted by molar-refractivity contribution is 0.310. The lowest BCUT2D eigenvalue weighted by Gasteiger charge is -2.33.